The number of nitrogens with one attached hydrogen (secondary N) is 3. The molecule has 1 aliphatic heterocycles. The molecular formula is C19H22F3N5O2. The van der Waals surface area contributed by atoms with Crippen LogP contribution >= 0.6 is 0 Å². The van der Waals surface area contributed by atoms with Crippen LogP contribution in [0.15, 0.2) is 30.3 Å². The Morgan fingerprint density at radius 3 is 2.79 bits per heavy atom. The molecule has 2 unspecified atom stereocenters. The number of nitrogens with zero attached hydrogens (tertiary/aromatic N) is 2. The van der Waals surface area contributed by atoms with Gasteiger partial charge < -0.3 is 10.6 Å². The average Bonchev–Trinajstić information content (AvgIpc) is 3.01. The van der Waals surface area contributed by atoms with Gasteiger partial charge in [-0.1, -0.05) is 19.4 Å². The highest BCUT2D eigenvalue weighted by Crippen LogP contribution is 2.29. The molecule has 1 fully saturated rings. The second-order valence-corrected chi connectivity index (χ2v) is 6.97. The number of carbonyl (C=O) groups excluding carboxylic acids is 2. The van der Waals surface area contributed by atoms with Crippen molar-refractivity contribution in [3.63, 3.8) is 0 Å². The summed E-state index contributed by atoms with van der Waals surface area (Å²) in [7, 11) is 0. The Hall–Kier alpha value is -2.88. The molecule has 1 aromatic carbocycles. The van der Waals surface area contributed by atoms with Gasteiger partial charge in [0.05, 0.1) is 11.3 Å². The summed E-state index contributed by atoms with van der Waals surface area (Å²) in [6, 6.07) is 5.73. The molecule has 1 saturated heterocycles. The molecule has 3 rings (SSSR count). The standard InChI is InChI=1S/C19H22F3N5O2/c1-3-5-14-10-16(28)25-18(23-14)27-15(8-11(2)26-27)24-17(29)12-6-4-7-13(9-12)19(20,21)22/h4,6-9,14,18,23H,3,5,10H2,1-2H3,(H,24,29)(H,25,28). The summed E-state index contributed by atoms with van der Waals surface area (Å²) in [5.41, 5.74) is -0.453. The van der Waals surface area contributed by atoms with Gasteiger partial charge in [0.25, 0.3) is 5.91 Å². The van der Waals surface area contributed by atoms with E-state index in [1.54, 1.807) is 13.0 Å². The van der Waals surface area contributed by atoms with Crippen LogP contribution in [-0.2, 0) is 11.0 Å². The van der Waals surface area contributed by atoms with Crippen LogP contribution in [-0.4, -0.2) is 27.6 Å². The van der Waals surface area contributed by atoms with Crippen LogP contribution in [0.1, 0.15) is 54.1 Å². The molecule has 7 nitrogen and oxygen atoms in total. The Kier molecular flexibility index (Phi) is 5.92. The van der Waals surface area contributed by atoms with Gasteiger partial charge in [-0.15, -0.1) is 0 Å². The fourth-order valence-corrected chi connectivity index (χ4v) is 3.26. The van der Waals surface area contributed by atoms with Crippen LogP contribution in [0.5, 0.6) is 0 Å². The van der Waals surface area contributed by atoms with Crippen molar-refractivity contribution in [1.29, 1.82) is 0 Å². The summed E-state index contributed by atoms with van der Waals surface area (Å²) in [5.74, 6) is -0.583. The monoisotopic (exact) mass is 409 g/mol. The molecule has 156 valence electrons. The van der Waals surface area contributed by atoms with E-state index >= 15 is 0 Å². The van der Waals surface area contributed by atoms with E-state index in [1.807, 2.05) is 6.92 Å². The van der Waals surface area contributed by atoms with Crippen molar-refractivity contribution in [2.75, 3.05) is 5.32 Å². The lowest BCUT2D eigenvalue weighted by atomic mass is 10.1. The Bertz CT molecular complexity index is 909. The first-order chi connectivity index (χ1) is 13.7. The van der Waals surface area contributed by atoms with Crippen molar-refractivity contribution in [2.24, 2.45) is 0 Å². The lowest BCUT2D eigenvalue weighted by Crippen LogP contribution is -2.53. The van der Waals surface area contributed by atoms with Crippen molar-refractivity contribution >= 4 is 17.6 Å². The number of rotatable bonds is 5. The molecule has 0 bridgehead atoms. The number of carbonyl (C=O) groups is 2. The predicted molar refractivity (Wildman–Crippen MR) is 100.0 cm³/mol. The van der Waals surface area contributed by atoms with Gasteiger partial charge in [-0.2, -0.15) is 18.3 Å². The second-order valence-electron chi connectivity index (χ2n) is 6.97. The molecule has 10 heteroatoms. The fraction of sp³-hybridized carbons (Fsp3) is 0.421. The smallest absolute Gasteiger partial charge is 0.322 e. The molecule has 1 aliphatic rings. The van der Waals surface area contributed by atoms with Gasteiger partial charge in [0.2, 0.25) is 5.91 Å². The summed E-state index contributed by atoms with van der Waals surface area (Å²) in [6.07, 6.45) is -3.17. The van der Waals surface area contributed by atoms with E-state index in [2.05, 4.69) is 21.0 Å². The number of halogens is 3. The number of alkyl halides is 3. The molecule has 2 atom stereocenters. The number of aryl methyl sites for hydroxylation is 1. The van der Waals surface area contributed by atoms with Gasteiger partial charge in [0.1, 0.15) is 5.82 Å². The van der Waals surface area contributed by atoms with Crippen molar-refractivity contribution in [2.45, 2.75) is 51.6 Å². The lowest BCUT2D eigenvalue weighted by molar-refractivity contribution is -0.137. The maximum Gasteiger partial charge on any atom is 0.416 e. The zero-order valence-corrected chi connectivity index (χ0v) is 16.0. The summed E-state index contributed by atoms with van der Waals surface area (Å²) >= 11 is 0. The molecule has 1 aromatic heterocycles. The average molecular weight is 409 g/mol. The fourth-order valence-electron chi connectivity index (χ4n) is 3.26. The predicted octanol–water partition coefficient (Wildman–Crippen LogP) is 3.20. The Morgan fingerprint density at radius 2 is 2.10 bits per heavy atom. The third-order valence-corrected chi connectivity index (χ3v) is 4.56. The number of hydrogen-bond donors (Lipinski definition) is 3. The minimum atomic E-state index is -4.54. The first-order valence-corrected chi connectivity index (χ1v) is 9.27. The zero-order valence-electron chi connectivity index (χ0n) is 16.0. The maximum atomic E-state index is 12.9. The van der Waals surface area contributed by atoms with Crippen LogP contribution in [0.25, 0.3) is 0 Å². The molecule has 0 spiro atoms. The van der Waals surface area contributed by atoms with Gasteiger partial charge in [-0.25, -0.2) is 4.68 Å². The third-order valence-electron chi connectivity index (χ3n) is 4.56. The first-order valence-electron chi connectivity index (χ1n) is 9.27. The molecule has 0 radical (unpaired) electrons. The highest BCUT2D eigenvalue weighted by atomic mass is 19.4. The van der Waals surface area contributed by atoms with E-state index in [-0.39, 0.29) is 23.3 Å². The van der Waals surface area contributed by atoms with Gasteiger partial charge >= 0.3 is 6.18 Å². The van der Waals surface area contributed by atoms with Crippen molar-refractivity contribution in [3.05, 3.63) is 47.2 Å². The van der Waals surface area contributed by atoms with Crippen molar-refractivity contribution in [1.82, 2.24) is 20.4 Å². The van der Waals surface area contributed by atoms with Crippen LogP contribution in [0.3, 0.4) is 0 Å². The van der Waals surface area contributed by atoms with Crippen LogP contribution < -0.4 is 16.0 Å². The van der Waals surface area contributed by atoms with Crippen LogP contribution in [0.2, 0.25) is 0 Å². The maximum absolute atomic E-state index is 12.9. The lowest BCUT2D eigenvalue weighted by Gasteiger charge is -2.32. The number of anilines is 1. The van der Waals surface area contributed by atoms with Crippen LogP contribution in [0, 0.1) is 6.92 Å². The topological polar surface area (TPSA) is 88.1 Å². The van der Waals surface area contributed by atoms with Crippen molar-refractivity contribution < 1.29 is 22.8 Å². The Balaban J connectivity index is 1.82. The minimum Gasteiger partial charge on any atom is -0.322 e. The summed E-state index contributed by atoms with van der Waals surface area (Å²) < 4.78 is 40.1. The van der Waals surface area contributed by atoms with Crippen molar-refractivity contribution in [3.8, 4) is 0 Å². The molecule has 29 heavy (non-hydrogen) atoms. The molecule has 0 saturated carbocycles. The molecule has 2 amide bonds. The molecular weight excluding hydrogens is 387 g/mol. The van der Waals surface area contributed by atoms with Gasteiger partial charge in [-0.3, -0.25) is 14.9 Å². The number of hydrogen-bond acceptors (Lipinski definition) is 4. The number of amides is 2. The minimum absolute atomic E-state index is 0.0322. The van der Waals surface area contributed by atoms with E-state index in [0.29, 0.717) is 12.1 Å². The highest BCUT2D eigenvalue weighted by Gasteiger charge is 2.31. The normalized spacial score (nSPS) is 19.7. The summed E-state index contributed by atoms with van der Waals surface area (Å²) in [5, 5.41) is 12.9. The third kappa shape index (κ3) is 4.94. The summed E-state index contributed by atoms with van der Waals surface area (Å²) in [6.45, 7) is 3.73. The van der Waals surface area contributed by atoms with E-state index in [4.69, 9.17) is 0 Å². The first kappa shape index (κ1) is 20.8. The van der Waals surface area contributed by atoms with E-state index in [9.17, 15) is 22.8 Å². The SMILES string of the molecule is CCCC1CC(=O)NC(n2nc(C)cc2NC(=O)c2cccc(C(F)(F)F)c2)N1. The molecule has 3 N–H and O–H groups in total. The molecule has 0 aliphatic carbocycles. The van der Waals surface area contributed by atoms with Gasteiger partial charge in [-0.05, 0) is 31.5 Å². The molecule has 2 aromatic rings. The molecule has 2 heterocycles. The Morgan fingerprint density at radius 1 is 1.34 bits per heavy atom. The second kappa shape index (κ2) is 8.24. The van der Waals surface area contributed by atoms with E-state index in [1.165, 1.54) is 16.8 Å². The summed E-state index contributed by atoms with van der Waals surface area (Å²) in [4.78, 5) is 24.6. The largest absolute Gasteiger partial charge is 0.416 e. The number of aromatic nitrogens is 2. The zero-order chi connectivity index (χ0) is 21.2. The highest BCUT2D eigenvalue weighted by molar-refractivity contribution is 6.04. The van der Waals surface area contributed by atoms with E-state index < -0.39 is 23.9 Å². The van der Waals surface area contributed by atoms with Crippen LogP contribution in [0.4, 0.5) is 19.0 Å². The number of benzene rings is 1. The van der Waals surface area contributed by atoms with E-state index in [0.717, 1.165) is 25.0 Å². The quantitative estimate of drug-likeness (QED) is 0.708. The van der Waals surface area contributed by atoms with Gasteiger partial charge in [0, 0.05) is 24.1 Å². The Labute approximate surface area is 165 Å². The van der Waals surface area contributed by atoms with Gasteiger partial charge in [0.15, 0.2) is 6.29 Å².